The largest absolute Gasteiger partial charge is 0.457 e. The molecule has 0 spiro atoms. The fraction of sp³-hybridized carbons (Fsp3) is 0.947. The Bertz CT molecular complexity index is 439. The van der Waals surface area contributed by atoms with Gasteiger partial charge in [-0.1, -0.05) is 27.7 Å². The summed E-state index contributed by atoms with van der Waals surface area (Å²) in [5.41, 5.74) is 0. The average molecular weight is 342 g/mol. The summed E-state index contributed by atoms with van der Waals surface area (Å²) in [5, 5.41) is 0. The summed E-state index contributed by atoms with van der Waals surface area (Å²) in [6, 6.07) is 0. The summed E-state index contributed by atoms with van der Waals surface area (Å²) in [6.45, 7) is 16.3. The highest BCUT2D eigenvalue weighted by Crippen LogP contribution is 2.38. The van der Waals surface area contributed by atoms with Gasteiger partial charge in [0.2, 0.25) is 0 Å². The van der Waals surface area contributed by atoms with Crippen LogP contribution in [0.3, 0.4) is 0 Å². The van der Waals surface area contributed by atoms with E-state index in [-0.39, 0.29) is 48.5 Å². The molecule has 0 N–H and O–H groups in total. The van der Waals surface area contributed by atoms with Crippen LogP contribution in [0.2, 0.25) is 0 Å². The first-order valence-electron chi connectivity index (χ1n) is 9.27. The molecule has 0 saturated carbocycles. The maximum Gasteiger partial charge on any atom is 0.303 e. The van der Waals surface area contributed by atoms with Crippen LogP contribution in [0.1, 0.15) is 55.4 Å². The molecule has 5 nitrogen and oxygen atoms in total. The predicted molar refractivity (Wildman–Crippen MR) is 91.4 cm³/mol. The van der Waals surface area contributed by atoms with E-state index in [0.29, 0.717) is 11.8 Å². The molecule has 0 aromatic heterocycles. The lowest BCUT2D eigenvalue weighted by atomic mass is 9.79. The summed E-state index contributed by atoms with van der Waals surface area (Å²) in [4.78, 5) is 11.5. The standard InChI is InChI=1S/C19H34O5/c1-9-10(2)13(5)22-19(11(9)3)24-17-12(4)14(6)21-15(7)18(17)23-16(8)20/h9-15,17-19H,1-8H3/t9-,10+,11?,12-,13?,14?,15-,17-,18?,19-/m0/s1. The number of hydrogen-bond acceptors (Lipinski definition) is 5. The molecule has 0 bridgehead atoms. The number of hydrogen-bond donors (Lipinski definition) is 0. The van der Waals surface area contributed by atoms with Crippen molar-refractivity contribution < 1.29 is 23.7 Å². The first-order valence-corrected chi connectivity index (χ1v) is 9.27. The molecule has 2 aliphatic rings. The highest BCUT2D eigenvalue weighted by atomic mass is 16.7. The van der Waals surface area contributed by atoms with E-state index in [4.69, 9.17) is 18.9 Å². The molecule has 2 saturated heterocycles. The molecule has 2 rings (SSSR count). The van der Waals surface area contributed by atoms with Crippen molar-refractivity contribution in [1.29, 1.82) is 0 Å². The first-order chi connectivity index (χ1) is 11.1. The number of carbonyl (C=O) groups is 1. The highest BCUT2D eigenvalue weighted by Gasteiger charge is 2.47. The van der Waals surface area contributed by atoms with Crippen molar-refractivity contribution in [1.82, 2.24) is 0 Å². The van der Waals surface area contributed by atoms with Crippen LogP contribution in [0.5, 0.6) is 0 Å². The minimum absolute atomic E-state index is 0.0458. The fourth-order valence-electron chi connectivity index (χ4n) is 3.85. The monoisotopic (exact) mass is 342 g/mol. The molecule has 0 aromatic carbocycles. The Morgan fingerprint density at radius 1 is 0.708 bits per heavy atom. The van der Waals surface area contributed by atoms with E-state index in [1.165, 1.54) is 6.92 Å². The Kier molecular flexibility index (Phi) is 6.32. The van der Waals surface area contributed by atoms with Crippen LogP contribution in [0.25, 0.3) is 0 Å². The Morgan fingerprint density at radius 2 is 1.29 bits per heavy atom. The van der Waals surface area contributed by atoms with Crippen molar-refractivity contribution in [3.63, 3.8) is 0 Å². The van der Waals surface area contributed by atoms with Gasteiger partial charge in [0.15, 0.2) is 12.4 Å². The molecule has 0 radical (unpaired) electrons. The number of ether oxygens (including phenoxy) is 4. The van der Waals surface area contributed by atoms with Crippen LogP contribution in [0, 0.1) is 23.7 Å². The van der Waals surface area contributed by atoms with Gasteiger partial charge in [0.05, 0.1) is 18.3 Å². The Balaban J connectivity index is 2.17. The number of esters is 1. The van der Waals surface area contributed by atoms with Crippen LogP contribution in [0.15, 0.2) is 0 Å². The van der Waals surface area contributed by atoms with E-state index >= 15 is 0 Å². The van der Waals surface area contributed by atoms with E-state index in [0.717, 1.165) is 0 Å². The second-order valence-electron chi connectivity index (χ2n) is 7.87. The van der Waals surface area contributed by atoms with Crippen molar-refractivity contribution in [2.75, 3.05) is 0 Å². The lowest BCUT2D eigenvalue weighted by molar-refractivity contribution is -0.302. The zero-order valence-electron chi connectivity index (χ0n) is 16.3. The van der Waals surface area contributed by atoms with Gasteiger partial charge in [0.25, 0.3) is 0 Å². The smallest absolute Gasteiger partial charge is 0.303 e. The van der Waals surface area contributed by atoms with Crippen molar-refractivity contribution in [2.24, 2.45) is 23.7 Å². The number of rotatable bonds is 3. The Morgan fingerprint density at radius 3 is 1.88 bits per heavy atom. The summed E-state index contributed by atoms with van der Waals surface area (Å²) < 4.78 is 24.0. The molecule has 2 heterocycles. The molecule has 2 fully saturated rings. The quantitative estimate of drug-likeness (QED) is 0.736. The first kappa shape index (κ1) is 19.7. The summed E-state index contributed by atoms with van der Waals surface area (Å²) >= 11 is 0. The van der Waals surface area contributed by atoms with Gasteiger partial charge in [-0.15, -0.1) is 0 Å². The highest BCUT2D eigenvalue weighted by molar-refractivity contribution is 5.66. The molecule has 5 heteroatoms. The molecule has 0 amide bonds. The minimum Gasteiger partial charge on any atom is -0.457 e. The molecule has 10 atom stereocenters. The maximum absolute atomic E-state index is 11.5. The van der Waals surface area contributed by atoms with E-state index in [1.807, 2.05) is 13.8 Å². The van der Waals surface area contributed by atoms with E-state index < -0.39 is 6.10 Å². The lowest BCUT2D eigenvalue weighted by Crippen LogP contribution is -2.57. The van der Waals surface area contributed by atoms with Crippen molar-refractivity contribution >= 4 is 5.97 Å². The lowest BCUT2D eigenvalue weighted by Gasteiger charge is -2.48. The van der Waals surface area contributed by atoms with Crippen LogP contribution < -0.4 is 0 Å². The maximum atomic E-state index is 11.5. The molecule has 2 aliphatic heterocycles. The van der Waals surface area contributed by atoms with Gasteiger partial charge < -0.3 is 18.9 Å². The summed E-state index contributed by atoms with van der Waals surface area (Å²) in [5.74, 6) is 1.10. The Hall–Kier alpha value is -0.650. The zero-order chi connectivity index (χ0) is 18.2. The minimum atomic E-state index is -0.408. The molecule has 24 heavy (non-hydrogen) atoms. The average Bonchev–Trinajstić information content (AvgIpc) is 2.50. The summed E-state index contributed by atoms with van der Waals surface area (Å²) in [6.07, 6.45) is -0.919. The second-order valence-corrected chi connectivity index (χ2v) is 7.87. The van der Waals surface area contributed by atoms with Crippen molar-refractivity contribution in [2.45, 2.75) is 92.2 Å². The van der Waals surface area contributed by atoms with Crippen LogP contribution in [-0.4, -0.2) is 42.8 Å². The topological polar surface area (TPSA) is 54.0 Å². The van der Waals surface area contributed by atoms with E-state index in [9.17, 15) is 4.79 Å². The number of carbonyl (C=O) groups excluding carboxylic acids is 1. The molecular formula is C19H34O5. The summed E-state index contributed by atoms with van der Waals surface area (Å²) in [7, 11) is 0. The fourth-order valence-corrected chi connectivity index (χ4v) is 3.85. The van der Waals surface area contributed by atoms with Crippen LogP contribution in [-0.2, 0) is 23.7 Å². The van der Waals surface area contributed by atoms with Crippen molar-refractivity contribution in [3.05, 3.63) is 0 Å². The second kappa shape index (κ2) is 7.71. The van der Waals surface area contributed by atoms with E-state index in [2.05, 4.69) is 34.6 Å². The van der Waals surface area contributed by atoms with Gasteiger partial charge in [-0.05, 0) is 32.6 Å². The van der Waals surface area contributed by atoms with Crippen LogP contribution >= 0.6 is 0 Å². The predicted octanol–water partition coefficient (Wildman–Crippen LogP) is 3.40. The third kappa shape index (κ3) is 3.94. The van der Waals surface area contributed by atoms with Crippen LogP contribution in [0.4, 0.5) is 0 Å². The van der Waals surface area contributed by atoms with Crippen molar-refractivity contribution in [3.8, 4) is 0 Å². The van der Waals surface area contributed by atoms with E-state index in [1.54, 1.807) is 0 Å². The normalized spacial score (nSPS) is 49.7. The third-order valence-electron chi connectivity index (χ3n) is 6.24. The molecule has 4 unspecified atom stereocenters. The van der Waals surface area contributed by atoms with Gasteiger partial charge in [0, 0.05) is 18.8 Å². The third-order valence-corrected chi connectivity index (χ3v) is 6.24. The molecule has 0 aromatic rings. The molecule has 140 valence electrons. The van der Waals surface area contributed by atoms with Gasteiger partial charge in [-0.3, -0.25) is 4.79 Å². The molecule has 0 aliphatic carbocycles. The zero-order valence-corrected chi connectivity index (χ0v) is 16.3. The Labute approximate surface area is 146 Å². The van der Waals surface area contributed by atoms with Gasteiger partial charge >= 0.3 is 5.97 Å². The SMILES string of the molecule is CC(=O)OC1[C@H](C)OC(C)[C@H](C)[C@@H]1O[C@@H]1OC(C)[C@H](C)[C@H](C)C1C. The molecular weight excluding hydrogens is 308 g/mol. The van der Waals surface area contributed by atoms with Gasteiger partial charge in [0.1, 0.15) is 6.10 Å². The van der Waals surface area contributed by atoms with Gasteiger partial charge in [-0.2, -0.15) is 0 Å². The van der Waals surface area contributed by atoms with Gasteiger partial charge in [-0.25, -0.2) is 0 Å².